The SMILES string of the molecule is CCOC(=O)C1=CC2OC(C)=NC2C([C@H](OC(C)=O)[C@@H](COC(C)=O)OC(C)=O)O1. The van der Waals surface area contributed by atoms with Crippen molar-refractivity contribution in [1.29, 1.82) is 0 Å². The molecule has 2 aliphatic heterocycles. The summed E-state index contributed by atoms with van der Waals surface area (Å²) in [6.45, 7) is 6.47. The Morgan fingerprint density at radius 3 is 2.27 bits per heavy atom. The van der Waals surface area contributed by atoms with E-state index in [0.29, 0.717) is 5.90 Å². The van der Waals surface area contributed by atoms with Gasteiger partial charge in [-0.25, -0.2) is 9.79 Å². The van der Waals surface area contributed by atoms with Gasteiger partial charge in [0.25, 0.3) is 0 Å². The molecule has 0 aromatic heterocycles. The van der Waals surface area contributed by atoms with Gasteiger partial charge in [-0.1, -0.05) is 0 Å². The largest absolute Gasteiger partial charge is 0.477 e. The number of ether oxygens (including phenoxy) is 6. The standard InChI is InChI=1S/C19H25NO10/c1-6-25-19(24)14-7-13-16(20-9(2)27-13)18(30-14)17(29-12(5)23)15(28-11(4)22)8-26-10(3)21/h7,13,15-18H,6,8H2,1-5H3/t13?,15-,16?,17-,18?/m1/s1. The Kier molecular flexibility index (Phi) is 7.79. The molecule has 0 N–H and O–H groups in total. The van der Waals surface area contributed by atoms with E-state index in [9.17, 15) is 19.2 Å². The molecular weight excluding hydrogens is 402 g/mol. The van der Waals surface area contributed by atoms with Gasteiger partial charge in [0.15, 0.2) is 24.2 Å². The zero-order valence-corrected chi connectivity index (χ0v) is 17.4. The first kappa shape index (κ1) is 23.2. The summed E-state index contributed by atoms with van der Waals surface area (Å²) in [7, 11) is 0. The molecule has 3 unspecified atom stereocenters. The van der Waals surface area contributed by atoms with Crippen molar-refractivity contribution in [2.24, 2.45) is 4.99 Å². The number of esters is 4. The normalized spacial score (nSPS) is 24.0. The highest BCUT2D eigenvalue weighted by molar-refractivity contribution is 5.87. The Morgan fingerprint density at radius 2 is 1.70 bits per heavy atom. The van der Waals surface area contributed by atoms with E-state index in [0.717, 1.165) is 13.8 Å². The van der Waals surface area contributed by atoms with Crippen LogP contribution in [0, 0.1) is 0 Å². The van der Waals surface area contributed by atoms with Gasteiger partial charge in [-0.05, 0) is 6.92 Å². The molecule has 0 spiro atoms. The molecule has 0 bridgehead atoms. The Morgan fingerprint density at radius 1 is 1.03 bits per heavy atom. The highest BCUT2D eigenvalue weighted by atomic mass is 16.6. The molecule has 2 heterocycles. The minimum Gasteiger partial charge on any atom is -0.477 e. The second-order valence-corrected chi connectivity index (χ2v) is 6.58. The van der Waals surface area contributed by atoms with Crippen molar-refractivity contribution in [3.8, 4) is 0 Å². The van der Waals surface area contributed by atoms with Crippen LogP contribution < -0.4 is 0 Å². The molecular formula is C19H25NO10. The monoisotopic (exact) mass is 427 g/mol. The van der Waals surface area contributed by atoms with Gasteiger partial charge in [0.2, 0.25) is 5.76 Å². The van der Waals surface area contributed by atoms with Crippen LogP contribution in [0.15, 0.2) is 16.8 Å². The van der Waals surface area contributed by atoms with Gasteiger partial charge < -0.3 is 28.4 Å². The third kappa shape index (κ3) is 5.94. The fourth-order valence-electron chi connectivity index (χ4n) is 3.11. The van der Waals surface area contributed by atoms with Crippen molar-refractivity contribution in [1.82, 2.24) is 0 Å². The predicted octanol–water partition coefficient (Wildman–Crippen LogP) is 0.445. The summed E-state index contributed by atoms with van der Waals surface area (Å²) < 4.78 is 32.0. The van der Waals surface area contributed by atoms with E-state index in [-0.39, 0.29) is 12.4 Å². The van der Waals surface area contributed by atoms with E-state index in [2.05, 4.69) is 4.99 Å². The average Bonchev–Trinajstić information content (AvgIpc) is 3.02. The third-order valence-corrected chi connectivity index (χ3v) is 4.13. The topological polar surface area (TPSA) is 136 Å². The van der Waals surface area contributed by atoms with E-state index in [1.807, 2.05) is 0 Å². The van der Waals surface area contributed by atoms with E-state index in [1.54, 1.807) is 13.8 Å². The first-order valence-electron chi connectivity index (χ1n) is 9.36. The molecule has 2 rings (SSSR count). The molecule has 30 heavy (non-hydrogen) atoms. The van der Waals surface area contributed by atoms with Gasteiger partial charge in [0.1, 0.15) is 18.8 Å². The lowest BCUT2D eigenvalue weighted by Gasteiger charge is -2.37. The maximum absolute atomic E-state index is 12.3. The zero-order chi connectivity index (χ0) is 22.4. The molecule has 0 saturated heterocycles. The summed E-state index contributed by atoms with van der Waals surface area (Å²) in [5.74, 6) is -2.57. The van der Waals surface area contributed by atoms with Crippen molar-refractivity contribution in [2.45, 2.75) is 65.1 Å². The molecule has 0 saturated carbocycles. The Bertz CT molecular complexity index is 758. The van der Waals surface area contributed by atoms with Gasteiger partial charge in [-0.15, -0.1) is 0 Å². The lowest BCUT2D eigenvalue weighted by molar-refractivity contribution is -0.188. The Labute approximate surface area is 173 Å². The Hall–Kier alpha value is -3.11. The molecule has 166 valence electrons. The van der Waals surface area contributed by atoms with Crippen LogP contribution in [0.5, 0.6) is 0 Å². The van der Waals surface area contributed by atoms with Crippen LogP contribution in [0.3, 0.4) is 0 Å². The summed E-state index contributed by atoms with van der Waals surface area (Å²) >= 11 is 0. The summed E-state index contributed by atoms with van der Waals surface area (Å²) in [4.78, 5) is 51.3. The number of carbonyl (C=O) groups is 4. The van der Waals surface area contributed by atoms with Crippen molar-refractivity contribution in [3.05, 3.63) is 11.8 Å². The van der Waals surface area contributed by atoms with Gasteiger partial charge in [0.05, 0.1) is 6.61 Å². The number of hydrogen-bond donors (Lipinski definition) is 0. The number of aliphatic imine (C=N–C) groups is 1. The highest BCUT2D eigenvalue weighted by Crippen LogP contribution is 2.32. The maximum Gasteiger partial charge on any atom is 0.373 e. The highest BCUT2D eigenvalue weighted by Gasteiger charge is 2.50. The van der Waals surface area contributed by atoms with Gasteiger partial charge >= 0.3 is 23.9 Å². The van der Waals surface area contributed by atoms with Crippen molar-refractivity contribution in [3.63, 3.8) is 0 Å². The fraction of sp³-hybridized carbons (Fsp3) is 0.632. The first-order chi connectivity index (χ1) is 14.1. The lowest BCUT2D eigenvalue weighted by Crippen LogP contribution is -2.54. The quantitative estimate of drug-likeness (QED) is 0.396. The second-order valence-electron chi connectivity index (χ2n) is 6.58. The van der Waals surface area contributed by atoms with Crippen molar-refractivity contribution >= 4 is 29.8 Å². The third-order valence-electron chi connectivity index (χ3n) is 4.13. The Balaban J connectivity index is 2.41. The summed E-state index contributed by atoms with van der Waals surface area (Å²) in [5.41, 5.74) is 0. The predicted molar refractivity (Wildman–Crippen MR) is 99.1 cm³/mol. The molecule has 0 aromatic carbocycles. The van der Waals surface area contributed by atoms with Crippen LogP contribution in [0.2, 0.25) is 0 Å². The summed E-state index contributed by atoms with van der Waals surface area (Å²) in [5, 5.41) is 0. The van der Waals surface area contributed by atoms with E-state index >= 15 is 0 Å². The van der Waals surface area contributed by atoms with E-state index < -0.39 is 60.9 Å². The van der Waals surface area contributed by atoms with Crippen LogP contribution in [-0.4, -0.2) is 73.4 Å². The molecule has 0 fully saturated rings. The first-order valence-corrected chi connectivity index (χ1v) is 9.36. The molecule has 5 atom stereocenters. The number of hydrogen-bond acceptors (Lipinski definition) is 11. The number of rotatable bonds is 8. The summed E-state index contributed by atoms with van der Waals surface area (Å²) in [6.07, 6.45) is -2.81. The molecule has 11 nitrogen and oxygen atoms in total. The molecule has 0 aliphatic carbocycles. The minimum atomic E-state index is -1.25. The van der Waals surface area contributed by atoms with Crippen LogP contribution in [0.25, 0.3) is 0 Å². The van der Waals surface area contributed by atoms with Crippen LogP contribution in [0.4, 0.5) is 0 Å². The number of fused-ring (bicyclic) bond motifs is 1. The van der Waals surface area contributed by atoms with E-state index in [1.165, 1.54) is 13.0 Å². The van der Waals surface area contributed by atoms with Gasteiger partial charge in [-0.3, -0.25) is 14.4 Å². The smallest absolute Gasteiger partial charge is 0.373 e. The minimum absolute atomic E-state index is 0.116. The average molecular weight is 427 g/mol. The fourth-order valence-corrected chi connectivity index (χ4v) is 3.11. The maximum atomic E-state index is 12.3. The lowest BCUT2D eigenvalue weighted by atomic mass is 9.94. The molecule has 0 radical (unpaired) electrons. The van der Waals surface area contributed by atoms with Crippen LogP contribution in [0.1, 0.15) is 34.6 Å². The van der Waals surface area contributed by atoms with Gasteiger partial charge in [0, 0.05) is 33.8 Å². The zero-order valence-electron chi connectivity index (χ0n) is 17.4. The number of carbonyl (C=O) groups excluding carboxylic acids is 4. The second kappa shape index (κ2) is 10.1. The molecule has 11 heteroatoms. The molecule has 0 amide bonds. The van der Waals surface area contributed by atoms with E-state index in [4.69, 9.17) is 28.4 Å². The molecule has 2 aliphatic rings. The molecule has 0 aromatic rings. The van der Waals surface area contributed by atoms with Crippen molar-refractivity contribution < 1.29 is 47.6 Å². The van der Waals surface area contributed by atoms with Gasteiger partial charge in [-0.2, -0.15) is 0 Å². The number of nitrogens with zero attached hydrogens (tertiary/aromatic N) is 1. The van der Waals surface area contributed by atoms with Crippen LogP contribution >= 0.6 is 0 Å². The van der Waals surface area contributed by atoms with Crippen LogP contribution in [-0.2, 0) is 47.6 Å². The van der Waals surface area contributed by atoms with Crippen molar-refractivity contribution in [2.75, 3.05) is 13.2 Å². The summed E-state index contributed by atoms with van der Waals surface area (Å²) in [6, 6.07) is -0.706.